The Morgan fingerprint density at radius 3 is 2.57 bits per heavy atom. The Morgan fingerprint density at radius 2 is 2.00 bits per heavy atom. The van der Waals surface area contributed by atoms with Crippen molar-refractivity contribution in [3.8, 4) is 0 Å². The molecule has 0 spiro atoms. The van der Waals surface area contributed by atoms with Crippen LogP contribution in [0.25, 0.3) is 0 Å². The molecule has 1 N–H and O–H groups in total. The number of allylic oxidation sites excluding steroid dienone is 3. The van der Waals surface area contributed by atoms with Crippen LogP contribution in [0.5, 0.6) is 0 Å². The van der Waals surface area contributed by atoms with Gasteiger partial charge < -0.3 is 0 Å². The van der Waals surface area contributed by atoms with Crippen molar-refractivity contribution in [2.45, 2.75) is 0 Å². The fourth-order valence-electron chi connectivity index (χ4n) is 0.789. The molecule has 1 unspecified atom stereocenters. The Morgan fingerprint density at radius 1 is 1.36 bits per heavy atom. The lowest BCUT2D eigenvalue weighted by Crippen LogP contribution is -2.16. The molecule has 0 amide bonds. The highest BCUT2D eigenvalue weighted by Crippen LogP contribution is 2.19. The van der Waals surface area contributed by atoms with Crippen molar-refractivity contribution in [1.29, 1.82) is 0 Å². The van der Waals surface area contributed by atoms with Gasteiger partial charge in [-0.1, -0.05) is 0 Å². The van der Waals surface area contributed by atoms with Crippen LogP contribution >= 0.6 is 8.25 Å². The smallest absolute Gasteiger partial charge is 0.290 e. The van der Waals surface area contributed by atoms with E-state index < -0.39 is 31.4 Å². The zero-order valence-corrected chi connectivity index (χ0v) is 7.56. The summed E-state index contributed by atoms with van der Waals surface area (Å²) >= 11 is 0. The van der Waals surface area contributed by atoms with Gasteiger partial charge in [0.05, 0.1) is 0 Å². The number of hydrogen-bond donors (Lipinski definition) is 1. The van der Waals surface area contributed by atoms with Gasteiger partial charge in [0.25, 0.3) is 0 Å². The molecule has 0 heterocycles. The van der Waals surface area contributed by atoms with E-state index in [1.54, 1.807) is 0 Å². The van der Waals surface area contributed by atoms with Gasteiger partial charge in [-0.05, 0) is 12.2 Å². The zero-order valence-electron chi connectivity index (χ0n) is 6.67. The Bertz CT molecular complexity index is 391. The molecule has 1 rings (SSSR count). The van der Waals surface area contributed by atoms with E-state index in [1.807, 2.05) is 0 Å². The maximum atomic E-state index is 11.0. The summed E-state index contributed by atoms with van der Waals surface area (Å²) < 4.78 is 14.0. The Balaban J connectivity index is 2.87. The van der Waals surface area contributed by atoms with Crippen molar-refractivity contribution in [3.05, 3.63) is 23.8 Å². The van der Waals surface area contributed by atoms with Gasteiger partial charge >= 0.3 is 14.2 Å². The molecule has 0 aliphatic heterocycles. The minimum atomic E-state index is -3.13. The Hall–Kier alpha value is -1.65. The first-order valence-corrected chi connectivity index (χ1v) is 4.50. The third-order valence-corrected chi connectivity index (χ3v) is 1.65. The first kappa shape index (κ1) is 10.4. The van der Waals surface area contributed by atoms with Gasteiger partial charge in [-0.15, -0.1) is 4.89 Å². The molecule has 1 aliphatic rings. The lowest BCUT2D eigenvalue weighted by molar-refractivity contribution is -0.132. The predicted octanol–water partition coefficient (Wildman–Crippen LogP) is -0.186. The Labute approximate surface area is 78.8 Å². The predicted molar refractivity (Wildman–Crippen MR) is 43.2 cm³/mol. The van der Waals surface area contributed by atoms with Gasteiger partial charge in [0.1, 0.15) is 5.57 Å². The first-order valence-electron chi connectivity index (χ1n) is 3.37. The highest BCUT2D eigenvalue weighted by molar-refractivity contribution is 7.32. The number of carbonyl (C=O) groups excluding carboxylic acids is 3. The van der Waals surface area contributed by atoms with Crippen LogP contribution in [-0.4, -0.2) is 22.4 Å². The van der Waals surface area contributed by atoms with E-state index in [1.165, 1.54) is 0 Å². The zero-order chi connectivity index (χ0) is 10.7. The van der Waals surface area contributed by atoms with Gasteiger partial charge in [-0.2, -0.15) is 4.52 Å². The molecule has 0 aromatic heterocycles. The molecule has 6 nitrogen and oxygen atoms in total. The molecular weight excluding hydrogens is 211 g/mol. The molecule has 72 valence electrons. The van der Waals surface area contributed by atoms with Gasteiger partial charge in [0, 0.05) is 10.6 Å². The van der Waals surface area contributed by atoms with E-state index in [0.29, 0.717) is 0 Å². The second-order valence-corrected chi connectivity index (χ2v) is 2.93. The summed E-state index contributed by atoms with van der Waals surface area (Å²) in [5, 5.41) is 0. The molecule has 14 heavy (non-hydrogen) atoms. The van der Waals surface area contributed by atoms with Crippen molar-refractivity contribution < 1.29 is 28.4 Å². The number of rotatable bonds is 2. The molecule has 0 saturated heterocycles. The molecule has 0 aromatic carbocycles. The van der Waals surface area contributed by atoms with Crippen LogP contribution in [0.4, 0.5) is 0 Å². The monoisotopic (exact) mass is 215 g/mol. The van der Waals surface area contributed by atoms with E-state index in [2.05, 4.69) is 4.52 Å². The molecule has 1 aliphatic carbocycles. The van der Waals surface area contributed by atoms with Crippen molar-refractivity contribution >= 4 is 25.8 Å². The highest BCUT2D eigenvalue weighted by Gasteiger charge is 2.29. The van der Waals surface area contributed by atoms with Crippen molar-refractivity contribution in [2.75, 3.05) is 0 Å². The lowest BCUT2D eigenvalue weighted by Gasteiger charge is -1.99. The maximum Gasteiger partial charge on any atom is 0.750 e. The molecular formula is C7H4O6P+. The minimum Gasteiger partial charge on any atom is -0.290 e. The third-order valence-electron chi connectivity index (χ3n) is 1.33. The average molecular weight is 215 g/mol. The summed E-state index contributed by atoms with van der Waals surface area (Å²) in [5.74, 6) is -2.56. The van der Waals surface area contributed by atoms with Gasteiger partial charge in [-0.25, -0.2) is 4.79 Å². The summed E-state index contributed by atoms with van der Waals surface area (Å²) in [4.78, 5) is 40.9. The van der Waals surface area contributed by atoms with Gasteiger partial charge in [0.2, 0.25) is 0 Å². The molecule has 0 fully saturated rings. The second kappa shape index (κ2) is 4.04. The largest absolute Gasteiger partial charge is 0.750 e. The van der Waals surface area contributed by atoms with Crippen LogP contribution in [-0.2, 0) is 23.5 Å². The summed E-state index contributed by atoms with van der Waals surface area (Å²) in [5.41, 5.74) is -0.546. The molecule has 1 atom stereocenters. The van der Waals surface area contributed by atoms with Gasteiger partial charge in [0.15, 0.2) is 11.6 Å². The van der Waals surface area contributed by atoms with Crippen molar-refractivity contribution in [2.24, 2.45) is 0 Å². The topological polar surface area (TPSA) is 97.7 Å². The maximum absolute atomic E-state index is 11.0. The fourth-order valence-corrected chi connectivity index (χ4v) is 1.03. The van der Waals surface area contributed by atoms with Crippen molar-refractivity contribution in [3.63, 3.8) is 0 Å². The van der Waals surface area contributed by atoms with Crippen molar-refractivity contribution in [1.82, 2.24) is 0 Å². The van der Waals surface area contributed by atoms with E-state index >= 15 is 0 Å². The van der Waals surface area contributed by atoms with E-state index in [9.17, 15) is 18.9 Å². The number of carbonyl (C=O) groups is 3. The fraction of sp³-hybridized carbons (Fsp3) is 0. The van der Waals surface area contributed by atoms with E-state index in [4.69, 9.17) is 4.89 Å². The summed E-state index contributed by atoms with van der Waals surface area (Å²) in [6.45, 7) is 0. The minimum absolute atomic E-state index is 0.546. The van der Waals surface area contributed by atoms with Crippen LogP contribution in [0.2, 0.25) is 0 Å². The van der Waals surface area contributed by atoms with Crippen LogP contribution in [0.3, 0.4) is 0 Å². The quantitative estimate of drug-likeness (QED) is 0.389. The molecule has 0 radical (unpaired) electrons. The summed E-state index contributed by atoms with van der Waals surface area (Å²) in [6.07, 6.45) is 2.63. The first-order chi connectivity index (χ1) is 6.50. The Kier molecular flexibility index (Phi) is 3.01. The number of hydrogen-bond acceptors (Lipinski definition) is 5. The van der Waals surface area contributed by atoms with Gasteiger partial charge in [-0.3, -0.25) is 9.59 Å². The number of ketones is 2. The average Bonchev–Trinajstić information content (AvgIpc) is 2.08. The third kappa shape index (κ3) is 2.42. The SMILES string of the molecule is O=C1C=CC(=O)C(C(=O)O[P+](=O)O)=C1. The van der Waals surface area contributed by atoms with E-state index in [0.717, 1.165) is 18.2 Å². The molecule has 7 heteroatoms. The van der Waals surface area contributed by atoms with E-state index in [-0.39, 0.29) is 0 Å². The highest BCUT2D eigenvalue weighted by atomic mass is 31.1. The molecule has 0 saturated carbocycles. The molecule has 0 aromatic rings. The standard InChI is InChI=1S/C7H3O6P/c8-4-1-2-6(9)5(3-4)7(10)13-14(11)12/h1-3H/p+1. The summed E-state index contributed by atoms with van der Waals surface area (Å²) in [6, 6.07) is 0. The second-order valence-electron chi connectivity index (χ2n) is 2.27. The molecule has 0 bridgehead atoms. The van der Waals surface area contributed by atoms with Crippen LogP contribution in [0.1, 0.15) is 0 Å². The normalized spacial score (nSPS) is 16.4. The lowest BCUT2D eigenvalue weighted by atomic mass is 10.0. The summed E-state index contributed by atoms with van der Waals surface area (Å²) in [7, 11) is -3.13. The van der Waals surface area contributed by atoms with Crippen LogP contribution in [0.15, 0.2) is 23.8 Å². The van der Waals surface area contributed by atoms with Crippen LogP contribution < -0.4 is 0 Å². The van der Waals surface area contributed by atoms with Crippen LogP contribution in [0, 0.1) is 0 Å².